The second-order valence-electron chi connectivity index (χ2n) is 4.70. The van der Waals surface area contributed by atoms with Crippen molar-refractivity contribution in [3.05, 3.63) is 23.9 Å². The summed E-state index contributed by atoms with van der Waals surface area (Å²) in [7, 11) is 0. The van der Waals surface area contributed by atoms with Crippen LogP contribution in [0.5, 0.6) is 0 Å². The van der Waals surface area contributed by atoms with Crippen molar-refractivity contribution < 1.29 is 19.1 Å². The van der Waals surface area contributed by atoms with Gasteiger partial charge in [0.2, 0.25) is 0 Å². The van der Waals surface area contributed by atoms with Crippen LogP contribution in [0.15, 0.2) is 18.3 Å². The van der Waals surface area contributed by atoms with Crippen molar-refractivity contribution in [1.82, 2.24) is 4.98 Å². The monoisotopic (exact) mass is 292 g/mol. The lowest BCUT2D eigenvalue weighted by Gasteiger charge is -2.25. The Bertz CT molecular complexity index is 518. The van der Waals surface area contributed by atoms with Crippen LogP contribution in [0, 0.1) is 0 Å². The maximum Gasteiger partial charge on any atom is 0.341 e. The summed E-state index contributed by atoms with van der Waals surface area (Å²) in [6.45, 7) is 4.85. The van der Waals surface area contributed by atoms with Crippen LogP contribution in [0.4, 0.5) is 5.82 Å². The molecule has 0 aromatic carbocycles. The molecule has 0 aliphatic carbocycles. The van der Waals surface area contributed by atoms with Crippen molar-refractivity contribution in [2.75, 3.05) is 24.7 Å². The fourth-order valence-electron chi connectivity index (χ4n) is 2.50. The molecule has 6 heteroatoms. The highest BCUT2D eigenvalue weighted by Crippen LogP contribution is 2.27. The zero-order valence-corrected chi connectivity index (χ0v) is 12.4. The van der Waals surface area contributed by atoms with Gasteiger partial charge in [0, 0.05) is 12.7 Å². The van der Waals surface area contributed by atoms with E-state index in [9.17, 15) is 9.59 Å². The van der Waals surface area contributed by atoms with E-state index in [1.54, 1.807) is 32.2 Å². The number of hydrogen-bond acceptors (Lipinski definition) is 6. The Hall–Kier alpha value is -2.11. The predicted octanol–water partition coefficient (Wildman–Crippen LogP) is 1.79. The quantitative estimate of drug-likeness (QED) is 0.771. The smallest absolute Gasteiger partial charge is 0.341 e. The molecule has 2 heterocycles. The largest absolute Gasteiger partial charge is 0.464 e. The molecule has 1 unspecified atom stereocenters. The molecular weight excluding hydrogens is 272 g/mol. The lowest BCUT2D eigenvalue weighted by atomic mass is 10.2. The maximum absolute atomic E-state index is 12.0. The van der Waals surface area contributed by atoms with E-state index >= 15 is 0 Å². The van der Waals surface area contributed by atoms with Crippen molar-refractivity contribution in [3.8, 4) is 0 Å². The Balaban J connectivity index is 2.28. The minimum Gasteiger partial charge on any atom is -0.464 e. The maximum atomic E-state index is 12.0. The van der Waals surface area contributed by atoms with E-state index in [0.29, 0.717) is 37.6 Å². The molecule has 1 atom stereocenters. The summed E-state index contributed by atoms with van der Waals surface area (Å²) in [5, 5.41) is 0. The highest BCUT2D eigenvalue weighted by Gasteiger charge is 2.34. The normalized spacial score (nSPS) is 17.6. The van der Waals surface area contributed by atoms with E-state index in [4.69, 9.17) is 9.47 Å². The number of carbonyl (C=O) groups is 2. The minimum atomic E-state index is -0.421. The van der Waals surface area contributed by atoms with Gasteiger partial charge in [-0.3, -0.25) is 0 Å². The van der Waals surface area contributed by atoms with Crippen molar-refractivity contribution >= 4 is 17.8 Å². The first-order valence-corrected chi connectivity index (χ1v) is 7.24. The first-order valence-electron chi connectivity index (χ1n) is 7.24. The van der Waals surface area contributed by atoms with E-state index < -0.39 is 5.97 Å². The van der Waals surface area contributed by atoms with Gasteiger partial charge in [-0.2, -0.15) is 0 Å². The number of anilines is 1. The highest BCUT2D eigenvalue weighted by molar-refractivity contribution is 5.95. The average molecular weight is 292 g/mol. The van der Waals surface area contributed by atoms with E-state index in [-0.39, 0.29) is 12.0 Å². The van der Waals surface area contributed by atoms with Crippen LogP contribution in [-0.4, -0.2) is 42.7 Å². The number of aromatic nitrogens is 1. The molecule has 0 saturated carbocycles. The molecule has 0 N–H and O–H groups in total. The molecule has 1 fully saturated rings. The van der Waals surface area contributed by atoms with Gasteiger partial charge in [-0.25, -0.2) is 14.6 Å². The third-order valence-corrected chi connectivity index (χ3v) is 3.37. The summed E-state index contributed by atoms with van der Waals surface area (Å²) in [5.41, 5.74) is 0.385. The lowest BCUT2D eigenvalue weighted by molar-refractivity contribution is -0.144. The van der Waals surface area contributed by atoms with E-state index in [1.807, 2.05) is 4.90 Å². The fourth-order valence-corrected chi connectivity index (χ4v) is 2.50. The van der Waals surface area contributed by atoms with Crippen molar-refractivity contribution in [1.29, 1.82) is 0 Å². The molecule has 114 valence electrons. The van der Waals surface area contributed by atoms with Crippen LogP contribution in [0.25, 0.3) is 0 Å². The van der Waals surface area contributed by atoms with Gasteiger partial charge in [0.05, 0.1) is 13.2 Å². The Morgan fingerprint density at radius 1 is 1.33 bits per heavy atom. The molecule has 2 rings (SSSR count). The van der Waals surface area contributed by atoms with Gasteiger partial charge < -0.3 is 14.4 Å². The number of nitrogens with zero attached hydrogens (tertiary/aromatic N) is 2. The summed E-state index contributed by atoms with van der Waals surface area (Å²) in [4.78, 5) is 30.2. The van der Waals surface area contributed by atoms with Crippen LogP contribution >= 0.6 is 0 Å². The lowest BCUT2D eigenvalue weighted by Crippen LogP contribution is -2.38. The summed E-state index contributed by atoms with van der Waals surface area (Å²) in [6.07, 6.45) is 3.18. The standard InChI is InChI=1S/C15H20N2O4/c1-3-20-14(18)11-7-5-9-16-13(11)17-10-6-8-12(17)15(19)21-4-2/h5,7,9,12H,3-4,6,8,10H2,1-2H3. The number of ether oxygens (including phenoxy) is 2. The summed E-state index contributed by atoms with van der Waals surface area (Å²) < 4.78 is 10.2. The Labute approximate surface area is 124 Å². The van der Waals surface area contributed by atoms with Gasteiger partial charge in [0.25, 0.3) is 0 Å². The van der Waals surface area contributed by atoms with E-state index in [1.165, 1.54) is 0 Å². The number of esters is 2. The third kappa shape index (κ3) is 3.32. The minimum absolute atomic E-state index is 0.268. The summed E-state index contributed by atoms with van der Waals surface area (Å²) in [5.74, 6) is -0.197. The van der Waals surface area contributed by atoms with E-state index in [2.05, 4.69) is 4.98 Å². The molecule has 1 aromatic rings. The molecule has 0 spiro atoms. The Morgan fingerprint density at radius 3 is 2.81 bits per heavy atom. The zero-order chi connectivity index (χ0) is 15.2. The fraction of sp³-hybridized carbons (Fsp3) is 0.533. The van der Waals surface area contributed by atoms with E-state index in [0.717, 1.165) is 6.42 Å². The second-order valence-corrected chi connectivity index (χ2v) is 4.70. The molecule has 1 aromatic heterocycles. The number of hydrogen-bond donors (Lipinski definition) is 0. The molecular formula is C15H20N2O4. The average Bonchev–Trinajstić information content (AvgIpc) is 2.97. The number of rotatable bonds is 5. The number of carbonyl (C=O) groups excluding carboxylic acids is 2. The van der Waals surface area contributed by atoms with Gasteiger partial charge in [-0.05, 0) is 38.8 Å². The van der Waals surface area contributed by atoms with Gasteiger partial charge in [-0.1, -0.05) is 0 Å². The van der Waals surface area contributed by atoms with Crippen LogP contribution in [0.2, 0.25) is 0 Å². The molecule has 21 heavy (non-hydrogen) atoms. The Kier molecular flexibility index (Phi) is 5.14. The number of pyridine rings is 1. The topological polar surface area (TPSA) is 68.7 Å². The highest BCUT2D eigenvalue weighted by atomic mass is 16.5. The van der Waals surface area contributed by atoms with Crippen LogP contribution < -0.4 is 4.90 Å². The SMILES string of the molecule is CCOC(=O)c1cccnc1N1CCCC1C(=O)OCC. The van der Waals surface area contributed by atoms with Gasteiger partial charge in [-0.15, -0.1) is 0 Å². The molecule has 0 bridgehead atoms. The van der Waals surface area contributed by atoms with Gasteiger partial charge in [0.15, 0.2) is 0 Å². The van der Waals surface area contributed by atoms with Crippen molar-refractivity contribution in [2.45, 2.75) is 32.7 Å². The summed E-state index contributed by atoms with van der Waals surface area (Å²) >= 11 is 0. The predicted molar refractivity (Wildman–Crippen MR) is 77.2 cm³/mol. The third-order valence-electron chi connectivity index (χ3n) is 3.37. The van der Waals surface area contributed by atoms with Crippen LogP contribution in [0.1, 0.15) is 37.0 Å². The molecule has 1 aliphatic rings. The first kappa shape index (κ1) is 15.3. The molecule has 6 nitrogen and oxygen atoms in total. The molecule has 1 aliphatic heterocycles. The summed E-state index contributed by atoms with van der Waals surface area (Å²) in [6, 6.07) is 2.97. The van der Waals surface area contributed by atoms with Crippen LogP contribution in [-0.2, 0) is 14.3 Å². The van der Waals surface area contributed by atoms with Gasteiger partial charge >= 0.3 is 11.9 Å². The molecule has 0 radical (unpaired) electrons. The zero-order valence-electron chi connectivity index (χ0n) is 12.4. The van der Waals surface area contributed by atoms with Crippen LogP contribution in [0.3, 0.4) is 0 Å². The van der Waals surface area contributed by atoms with Gasteiger partial charge in [0.1, 0.15) is 17.4 Å². The first-order chi connectivity index (χ1) is 10.2. The molecule has 1 saturated heterocycles. The van der Waals surface area contributed by atoms with Crippen molar-refractivity contribution in [2.24, 2.45) is 0 Å². The molecule has 0 amide bonds. The van der Waals surface area contributed by atoms with Crippen molar-refractivity contribution in [3.63, 3.8) is 0 Å². The Morgan fingerprint density at radius 2 is 2.10 bits per heavy atom. The second kappa shape index (κ2) is 7.06.